The lowest BCUT2D eigenvalue weighted by atomic mass is 9.90. The molecule has 4 heteroatoms. The molecule has 72 heavy (non-hydrogen) atoms. The van der Waals surface area contributed by atoms with Crippen LogP contribution in [0.25, 0.3) is 69.9 Å². The van der Waals surface area contributed by atoms with Crippen LogP contribution in [0.2, 0.25) is 0 Å². The van der Waals surface area contributed by atoms with E-state index in [0.717, 1.165) is 62.9 Å². The molecule has 2 heterocycles. The molecule has 0 radical (unpaired) electrons. The summed E-state index contributed by atoms with van der Waals surface area (Å²) in [5.74, 6) is 0.237. The van der Waals surface area contributed by atoms with Crippen molar-refractivity contribution in [2.45, 2.75) is 12.3 Å². The molecule has 0 amide bonds. The van der Waals surface area contributed by atoms with Crippen molar-refractivity contribution >= 4 is 87.4 Å². The lowest BCUT2D eigenvalue weighted by Gasteiger charge is -2.31. The first-order valence-corrected chi connectivity index (χ1v) is 25.7. The van der Waals surface area contributed by atoms with Crippen molar-refractivity contribution in [1.29, 1.82) is 0 Å². The van der Waals surface area contributed by atoms with Crippen molar-refractivity contribution in [3.63, 3.8) is 0 Å². The Labute approximate surface area is 423 Å². The molecule has 1 aliphatic rings. The molecule has 0 saturated carbocycles. The number of hydrogen-bond donors (Lipinski definition) is 0. The van der Waals surface area contributed by atoms with Gasteiger partial charge in [0.2, 0.25) is 0 Å². The van der Waals surface area contributed by atoms with Gasteiger partial charge in [-0.15, -0.1) is 11.3 Å². The largest absolute Gasteiger partial charge is 0.310 e. The minimum absolute atomic E-state index is 0.237. The fraction of sp³-hybridized carbons (Fsp3) is 0.0294. The van der Waals surface area contributed by atoms with Gasteiger partial charge in [0.15, 0.2) is 0 Å². The standard InChI is InChI=1S/C68H47N3S/c1-5-21-46(22-6-1)43-60-53-30-14-13-29-52(53)54-39-37-50(44-61(54)60)69(47-23-7-2-8-24-47)62-34-18-15-31-55(62)56-32-16-19-35-63(56)70(48-25-9-3-10-26-48)51-38-40-59-65(45-51)71(49-27-11-4-12-28-49)64-42-41-58-57-33-17-20-36-66(57)72-68(58)67(59)64/h1-42,44-45,60H,43H2. The minimum Gasteiger partial charge on any atom is -0.310 e. The van der Waals surface area contributed by atoms with Crippen LogP contribution in [0.1, 0.15) is 22.6 Å². The van der Waals surface area contributed by atoms with Gasteiger partial charge in [-0.05, 0) is 119 Å². The number of rotatable bonds is 10. The molecule has 13 aromatic rings. The van der Waals surface area contributed by atoms with E-state index in [1.807, 2.05) is 11.3 Å². The number of anilines is 6. The van der Waals surface area contributed by atoms with Crippen LogP contribution in [-0.2, 0) is 6.42 Å². The van der Waals surface area contributed by atoms with Crippen molar-refractivity contribution in [3.8, 4) is 27.9 Å². The molecular formula is C68H47N3S. The van der Waals surface area contributed by atoms with Gasteiger partial charge in [-0.2, -0.15) is 0 Å². The van der Waals surface area contributed by atoms with Crippen molar-refractivity contribution in [2.24, 2.45) is 0 Å². The fourth-order valence-corrected chi connectivity index (χ4v) is 12.8. The third-order valence-corrected chi connectivity index (χ3v) is 15.9. The number of thiophene rings is 1. The van der Waals surface area contributed by atoms with E-state index in [1.165, 1.54) is 64.3 Å². The van der Waals surface area contributed by atoms with Gasteiger partial charge in [0.25, 0.3) is 0 Å². The highest BCUT2D eigenvalue weighted by molar-refractivity contribution is 7.26. The van der Waals surface area contributed by atoms with Crippen LogP contribution in [-0.4, -0.2) is 4.57 Å². The molecular weight excluding hydrogens is 891 g/mol. The van der Waals surface area contributed by atoms with E-state index >= 15 is 0 Å². The van der Waals surface area contributed by atoms with E-state index in [4.69, 9.17) is 0 Å². The zero-order valence-corrected chi connectivity index (χ0v) is 40.3. The summed E-state index contributed by atoms with van der Waals surface area (Å²) in [7, 11) is 0. The zero-order valence-electron chi connectivity index (χ0n) is 39.4. The van der Waals surface area contributed by atoms with Gasteiger partial charge in [-0.3, -0.25) is 0 Å². The SMILES string of the molecule is c1ccc(CC2c3ccccc3-c3ccc(N(c4ccccc4)c4ccccc4-c4ccccc4N(c4ccccc4)c4ccc5c6c7sc8ccccc8c7ccc6n(-c6ccccc6)c5c4)cc32)cc1. The third kappa shape index (κ3) is 6.94. The summed E-state index contributed by atoms with van der Waals surface area (Å²) in [4.78, 5) is 4.90. The lowest BCUT2D eigenvalue weighted by molar-refractivity contribution is 0.827. The van der Waals surface area contributed by atoms with E-state index < -0.39 is 0 Å². The Bertz CT molecular complexity index is 4140. The number of nitrogens with zero attached hydrogens (tertiary/aromatic N) is 3. The summed E-state index contributed by atoms with van der Waals surface area (Å²) in [5, 5.41) is 5.15. The lowest BCUT2D eigenvalue weighted by Crippen LogP contribution is -2.14. The Kier molecular flexibility index (Phi) is 10.2. The molecule has 0 fully saturated rings. The molecule has 0 N–H and O–H groups in total. The summed E-state index contributed by atoms with van der Waals surface area (Å²) in [6.45, 7) is 0. The summed E-state index contributed by atoms with van der Waals surface area (Å²) in [5.41, 5.74) is 19.1. The Morgan fingerprint density at radius 2 is 0.889 bits per heavy atom. The van der Waals surface area contributed by atoms with Crippen LogP contribution in [0.4, 0.5) is 34.1 Å². The number of benzene rings is 11. The van der Waals surface area contributed by atoms with Crippen LogP contribution in [0.3, 0.4) is 0 Å². The average Bonchev–Trinajstić information content (AvgIpc) is 4.10. The minimum atomic E-state index is 0.237. The van der Waals surface area contributed by atoms with E-state index in [2.05, 4.69) is 281 Å². The number of fused-ring (bicyclic) bond motifs is 10. The normalized spacial score (nSPS) is 12.9. The molecule has 0 saturated heterocycles. The first-order valence-electron chi connectivity index (χ1n) is 24.8. The van der Waals surface area contributed by atoms with Gasteiger partial charge in [0.1, 0.15) is 0 Å². The molecule has 11 aromatic carbocycles. The Morgan fingerprint density at radius 1 is 0.361 bits per heavy atom. The van der Waals surface area contributed by atoms with Crippen LogP contribution in [0, 0.1) is 0 Å². The predicted octanol–water partition coefficient (Wildman–Crippen LogP) is 19.1. The fourth-order valence-electron chi connectivity index (χ4n) is 11.6. The number of para-hydroxylation sites is 5. The quantitative estimate of drug-likeness (QED) is 0.135. The van der Waals surface area contributed by atoms with Gasteiger partial charge in [-0.25, -0.2) is 0 Å². The van der Waals surface area contributed by atoms with E-state index in [-0.39, 0.29) is 5.92 Å². The highest BCUT2D eigenvalue weighted by atomic mass is 32.1. The second-order valence-electron chi connectivity index (χ2n) is 18.8. The van der Waals surface area contributed by atoms with Crippen molar-refractivity contribution in [3.05, 3.63) is 284 Å². The summed E-state index contributed by atoms with van der Waals surface area (Å²) in [6, 6.07) is 98.0. The zero-order chi connectivity index (χ0) is 47.5. The van der Waals surface area contributed by atoms with E-state index in [1.54, 1.807) is 0 Å². The van der Waals surface area contributed by atoms with Crippen LogP contribution < -0.4 is 9.80 Å². The van der Waals surface area contributed by atoms with Gasteiger partial charge in [0, 0.05) is 76.4 Å². The first kappa shape index (κ1) is 42.0. The molecule has 1 atom stereocenters. The molecule has 0 bridgehead atoms. The van der Waals surface area contributed by atoms with Gasteiger partial charge in [0.05, 0.1) is 22.4 Å². The predicted molar refractivity (Wildman–Crippen MR) is 306 cm³/mol. The van der Waals surface area contributed by atoms with Gasteiger partial charge < -0.3 is 14.4 Å². The van der Waals surface area contributed by atoms with Crippen LogP contribution in [0.5, 0.6) is 0 Å². The molecule has 1 unspecified atom stereocenters. The first-order chi connectivity index (χ1) is 35.7. The highest BCUT2D eigenvalue weighted by Gasteiger charge is 2.31. The molecule has 2 aromatic heterocycles. The van der Waals surface area contributed by atoms with Crippen LogP contribution in [0.15, 0.2) is 267 Å². The molecule has 0 aliphatic heterocycles. The van der Waals surface area contributed by atoms with E-state index in [9.17, 15) is 0 Å². The topological polar surface area (TPSA) is 11.4 Å². The van der Waals surface area contributed by atoms with Crippen molar-refractivity contribution in [1.82, 2.24) is 4.57 Å². The molecule has 0 spiro atoms. The van der Waals surface area contributed by atoms with Gasteiger partial charge >= 0.3 is 0 Å². The maximum absolute atomic E-state index is 2.46. The number of hydrogen-bond acceptors (Lipinski definition) is 3. The molecule has 340 valence electrons. The maximum Gasteiger partial charge on any atom is 0.0562 e. The monoisotopic (exact) mass is 937 g/mol. The second-order valence-corrected chi connectivity index (χ2v) is 19.8. The Balaban J connectivity index is 0.956. The van der Waals surface area contributed by atoms with Gasteiger partial charge in [-0.1, -0.05) is 182 Å². The summed E-state index contributed by atoms with van der Waals surface area (Å²) in [6.07, 6.45) is 0.937. The van der Waals surface area contributed by atoms with Crippen molar-refractivity contribution < 1.29 is 0 Å². The summed E-state index contributed by atoms with van der Waals surface area (Å²) >= 11 is 1.89. The molecule has 3 nitrogen and oxygen atoms in total. The highest BCUT2D eigenvalue weighted by Crippen LogP contribution is 2.52. The smallest absolute Gasteiger partial charge is 0.0562 e. The summed E-state index contributed by atoms with van der Waals surface area (Å²) < 4.78 is 5.09. The average molecular weight is 938 g/mol. The number of aromatic nitrogens is 1. The van der Waals surface area contributed by atoms with E-state index in [0.29, 0.717) is 0 Å². The van der Waals surface area contributed by atoms with Crippen LogP contribution >= 0.6 is 11.3 Å². The second kappa shape index (κ2) is 17.5. The Morgan fingerprint density at radius 3 is 1.58 bits per heavy atom. The molecule has 1 aliphatic carbocycles. The third-order valence-electron chi connectivity index (χ3n) is 14.7. The molecule has 14 rings (SSSR count). The Hall–Kier alpha value is -8.96. The van der Waals surface area contributed by atoms with Crippen molar-refractivity contribution in [2.75, 3.05) is 9.80 Å². The maximum atomic E-state index is 2.46.